The van der Waals surface area contributed by atoms with Gasteiger partial charge in [-0.05, 0) is 18.1 Å². The van der Waals surface area contributed by atoms with Gasteiger partial charge in [-0.25, -0.2) is 4.57 Å². The van der Waals surface area contributed by atoms with E-state index in [0.717, 1.165) is 11.1 Å². The average molecular weight is 282 g/mol. The Morgan fingerprint density at radius 1 is 1.11 bits per heavy atom. The summed E-state index contributed by atoms with van der Waals surface area (Å²) in [5, 5.41) is 0. The van der Waals surface area contributed by atoms with E-state index in [1.54, 1.807) is 0 Å². The molecule has 1 aromatic rings. The number of rotatable bonds is 9. The summed E-state index contributed by atoms with van der Waals surface area (Å²) in [4.78, 5) is 0. The van der Waals surface area contributed by atoms with E-state index < -0.39 is 7.82 Å². The molecule has 0 radical (unpaired) electrons. The standard InChI is InChI=1S/C14H19O4P/c1-4-10-16-19(15,17-11-5-2)18-12-14-9-7-6-8-13(14)3/h4-9H,1-2,10-12H2,3H3. The maximum atomic E-state index is 12.3. The second-order valence-corrected chi connectivity index (χ2v) is 5.49. The third kappa shape index (κ3) is 5.53. The first-order valence-corrected chi connectivity index (χ1v) is 7.37. The van der Waals surface area contributed by atoms with Crippen molar-refractivity contribution in [1.82, 2.24) is 0 Å². The lowest BCUT2D eigenvalue weighted by molar-refractivity contribution is 0.125. The molecular weight excluding hydrogens is 263 g/mol. The highest BCUT2D eigenvalue weighted by molar-refractivity contribution is 7.48. The highest BCUT2D eigenvalue weighted by Crippen LogP contribution is 2.50. The fraction of sp³-hybridized carbons (Fsp3) is 0.286. The van der Waals surface area contributed by atoms with E-state index >= 15 is 0 Å². The molecule has 0 aliphatic rings. The van der Waals surface area contributed by atoms with Crippen LogP contribution < -0.4 is 0 Å². The molecule has 104 valence electrons. The van der Waals surface area contributed by atoms with Crippen LogP contribution in [0.5, 0.6) is 0 Å². The maximum absolute atomic E-state index is 12.3. The normalized spacial score (nSPS) is 11.2. The number of phosphoric ester groups is 1. The Morgan fingerprint density at radius 3 is 2.21 bits per heavy atom. The predicted octanol–water partition coefficient (Wildman–Crippen LogP) is 4.02. The van der Waals surface area contributed by atoms with Crippen molar-refractivity contribution in [3.63, 3.8) is 0 Å². The van der Waals surface area contributed by atoms with Gasteiger partial charge >= 0.3 is 7.82 Å². The molecule has 0 atom stereocenters. The van der Waals surface area contributed by atoms with Crippen LogP contribution >= 0.6 is 7.82 Å². The summed E-state index contributed by atoms with van der Waals surface area (Å²) in [5.41, 5.74) is 1.99. The second kappa shape index (κ2) is 8.08. The minimum Gasteiger partial charge on any atom is -0.283 e. The van der Waals surface area contributed by atoms with E-state index in [-0.39, 0.29) is 19.8 Å². The molecule has 1 aromatic carbocycles. The average Bonchev–Trinajstić information content (AvgIpc) is 2.42. The van der Waals surface area contributed by atoms with Crippen molar-refractivity contribution < 1.29 is 18.1 Å². The Bertz CT molecular complexity index is 454. The lowest BCUT2D eigenvalue weighted by atomic mass is 10.1. The van der Waals surface area contributed by atoms with Gasteiger partial charge in [0.15, 0.2) is 0 Å². The molecule has 5 heteroatoms. The molecule has 0 heterocycles. The van der Waals surface area contributed by atoms with Gasteiger partial charge < -0.3 is 0 Å². The molecule has 0 spiro atoms. The van der Waals surface area contributed by atoms with Crippen molar-refractivity contribution in [3.05, 3.63) is 60.7 Å². The minimum atomic E-state index is -3.58. The van der Waals surface area contributed by atoms with Crippen LogP contribution in [-0.4, -0.2) is 13.2 Å². The molecule has 0 aliphatic carbocycles. The van der Waals surface area contributed by atoms with E-state index in [9.17, 15) is 4.57 Å². The zero-order valence-corrected chi connectivity index (χ0v) is 12.0. The lowest BCUT2D eigenvalue weighted by Gasteiger charge is -2.17. The van der Waals surface area contributed by atoms with Gasteiger partial charge in [0.25, 0.3) is 0 Å². The van der Waals surface area contributed by atoms with Crippen LogP contribution in [0.1, 0.15) is 11.1 Å². The third-order valence-electron chi connectivity index (χ3n) is 2.34. The van der Waals surface area contributed by atoms with Gasteiger partial charge in [0, 0.05) is 0 Å². The van der Waals surface area contributed by atoms with Crippen LogP contribution in [0.3, 0.4) is 0 Å². The third-order valence-corrected chi connectivity index (χ3v) is 3.72. The van der Waals surface area contributed by atoms with Gasteiger partial charge in [0.2, 0.25) is 0 Å². The molecule has 4 nitrogen and oxygen atoms in total. The summed E-state index contributed by atoms with van der Waals surface area (Å²) in [6.07, 6.45) is 2.97. The first kappa shape index (κ1) is 15.9. The molecule has 19 heavy (non-hydrogen) atoms. The van der Waals surface area contributed by atoms with E-state index in [2.05, 4.69) is 13.2 Å². The summed E-state index contributed by atoms with van der Waals surface area (Å²) in [7, 11) is -3.58. The number of hydrogen-bond donors (Lipinski definition) is 0. The molecule has 1 rings (SSSR count). The number of phosphoric acid groups is 1. The van der Waals surface area contributed by atoms with Crippen molar-refractivity contribution in [2.45, 2.75) is 13.5 Å². The highest BCUT2D eigenvalue weighted by atomic mass is 31.2. The lowest BCUT2D eigenvalue weighted by Crippen LogP contribution is -2.02. The zero-order valence-electron chi connectivity index (χ0n) is 11.1. The minimum absolute atomic E-state index is 0.0994. The first-order chi connectivity index (χ1) is 9.11. The van der Waals surface area contributed by atoms with Gasteiger partial charge in [0.1, 0.15) is 0 Å². The topological polar surface area (TPSA) is 44.8 Å². The van der Waals surface area contributed by atoms with E-state index in [0.29, 0.717) is 0 Å². The molecule has 0 aromatic heterocycles. The molecule has 0 bridgehead atoms. The Balaban J connectivity index is 2.67. The van der Waals surface area contributed by atoms with Crippen molar-refractivity contribution in [1.29, 1.82) is 0 Å². The van der Waals surface area contributed by atoms with Crippen molar-refractivity contribution in [2.75, 3.05) is 13.2 Å². The molecule has 0 fully saturated rings. The fourth-order valence-electron chi connectivity index (χ4n) is 1.32. The summed E-state index contributed by atoms with van der Waals surface area (Å²) in [5.74, 6) is 0. The molecule has 0 saturated carbocycles. The molecule has 0 saturated heterocycles. The van der Waals surface area contributed by atoms with Gasteiger partial charge in [-0.3, -0.25) is 13.6 Å². The van der Waals surface area contributed by atoms with E-state index in [1.165, 1.54) is 12.2 Å². The fourth-order valence-corrected chi connectivity index (χ4v) is 2.42. The van der Waals surface area contributed by atoms with Crippen LogP contribution in [0.25, 0.3) is 0 Å². The van der Waals surface area contributed by atoms with Crippen molar-refractivity contribution in [2.24, 2.45) is 0 Å². The zero-order chi connectivity index (χ0) is 14.1. The molecular formula is C14H19O4P. The summed E-state index contributed by atoms with van der Waals surface area (Å²) < 4.78 is 27.7. The monoisotopic (exact) mass is 282 g/mol. The van der Waals surface area contributed by atoms with E-state index in [1.807, 2.05) is 31.2 Å². The molecule has 0 amide bonds. The summed E-state index contributed by atoms with van der Waals surface area (Å²) >= 11 is 0. The van der Waals surface area contributed by atoms with Crippen LogP contribution in [0.2, 0.25) is 0 Å². The number of aryl methyl sites for hydroxylation is 1. The first-order valence-electron chi connectivity index (χ1n) is 5.91. The predicted molar refractivity (Wildman–Crippen MR) is 75.9 cm³/mol. The van der Waals surface area contributed by atoms with Crippen LogP contribution in [0.4, 0.5) is 0 Å². The highest BCUT2D eigenvalue weighted by Gasteiger charge is 2.25. The number of hydrogen-bond acceptors (Lipinski definition) is 4. The maximum Gasteiger partial charge on any atom is 0.475 e. The van der Waals surface area contributed by atoms with Crippen LogP contribution in [0, 0.1) is 6.92 Å². The van der Waals surface area contributed by atoms with Gasteiger partial charge in [-0.15, -0.1) is 13.2 Å². The van der Waals surface area contributed by atoms with Crippen molar-refractivity contribution >= 4 is 7.82 Å². The largest absolute Gasteiger partial charge is 0.475 e. The van der Waals surface area contributed by atoms with Crippen LogP contribution in [0.15, 0.2) is 49.6 Å². The van der Waals surface area contributed by atoms with Gasteiger partial charge in [0.05, 0.1) is 19.8 Å². The SMILES string of the molecule is C=CCOP(=O)(OCC=C)OCc1ccccc1C. The Morgan fingerprint density at radius 2 is 1.68 bits per heavy atom. The Labute approximate surface area is 114 Å². The second-order valence-electron chi connectivity index (χ2n) is 3.82. The number of benzene rings is 1. The molecule has 0 aliphatic heterocycles. The quantitative estimate of drug-likeness (QED) is 0.507. The summed E-state index contributed by atoms with van der Waals surface area (Å²) in [6.45, 7) is 9.32. The van der Waals surface area contributed by atoms with Crippen molar-refractivity contribution in [3.8, 4) is 0 Å². The Hall–Kier alpha value is -1.19. The Kier molecular flexibility index (Phi) is 6.74. The van der Waals surface area contributed by atoms with Crippen LogP contribution in [-0.2, 0) is 24.7 Å². The smallest absolute Gasteiger partial charge is 0.283 e. The molecule has 0 unspecified atom stereocenters. The molecule has 0 N–H and O–H groups in total. The summed E-state index contributed by atoms with van der Waals surface area (Å²) in [6, 6.07) is 7.69. The van der Waals surface area contributed by atoms with Gasteiger partial charge in [-0.2, -0.15) is 0 Å². The van der Waals surface area contributed by atoms with Gasteiger partial charge in [-0.1, -0.05) is 36.4 Å². The van der Waals surface area contributed by atoms with E-state index in [4.69, 9.17) is 13.6 Å².